The van der Waals surface area contributed by atoms with Crippen molar-refractivity contribution in [1.82, 2.24) is 15.0 Å². The van der Waals surface area contributed by atoms with Crippen LogP contribution in [0.2, 0.25) is 0 Å². The molecule has 1 saturated heterocycles. The lowest BCUT2D eigenvalue weighted by atomic mass is 10.1. The van der Waals surface area contributed by atoms with Crippen molar-refractivity contribution in [3.8, 4) is 11.3 Å². The van der Waals surface area contributed by atoms with E-state index in [-0.39, 0.29) is 18.6 Å². The molecule has 0 unspecified atom stereocenters. The highest BCUT2D eigenvalue weighted by atomic mass is 16.5. The van der Waals surface area contributed by atoms with Crippen LogP contribution in [-0.4, -0.2) is 58.4 Å². The number of carbonyl (C=O) groups is 1. The molecule has 9 heteroatoms. The van der Waals surface area contributed by atoms with Crippen molar-refractivity contribution in [2.24, 2.45) is 0 Å². The Morgan fingerprint density at radius 3 is 2.83 bits per heavy atom. The molecule has 2 aromatic carbocycles. The van der Waals surface area contributed by atoms with Gasteiger partial charge in [-0.2, -0.15) is 0 Å². The van der Waals surface area contributed by atoms with E-state index < -0.39 is 0 Å². The minimum atomic E-state index is -0.311. The van der Waals surface area contributed by atoms with E-state index in [0.29, 0.717) is 36.0 Å². The van der Waals surface area contributed by atoms with Gasteiger partial charge in [0.1, 0.15) is 0 Å². The van der Waals surface area contributed by atoms with E-state index in [9.17, 15) is 9.90 Å². The Hall–Kier alpha value is -4.34. The first-order valence-corrected chi connectivity index (χ1v) is 11.6. The summed E-state index contributed by atoms with van der Waals surface area (Å²) in [5.41, 5.74) is 4.58. The van der Waals surface area contributed by atoms with Gasteiger partial charge >= 0.3 is 0 Å². The third-order valence-electron chi connectivity index (χ3n) is 5.95. The zero-order chi connectivity index (χ0) is 24.9. The first kappa shape index (κ1) is 23.4. The number of nitrogens with zero attached hydrogens (tertiary/aromatic N) is 4. The highest BCUT2D eigenvalue weighted by Gasteiger charge is 2.20. The molecule has 2 aromatic heterocycles. The summed E-state index contributed by atoms with van der Waals surface area (Å²) in [4.78, 5) is 27.9. The molecule has 5 rings (SSSR count). The molecular weight excluding hydrogens is 456 g/mol. The van der Waals surface area contributed by atoms with Gasteiger partial charge in [-0.1, -0.05) is 24.8 Å². The Labute approximate surface area is 208 Å². The topological polar surface area (TPSA) is 112 Å². The van der Waals surface area contributed by atoms with Crippen molar-refractivity contribution in [2.75, 3.05) is 41.8 Å². The van der Waals surface area contributed by atoms with Gasteiger partial charge in [-0.05, 0) is 42.5 Å². The highest BCUT2D eigenvalue weighted by molar-refractivity contribution is 6.03. The molecule has 0 aliphatic carbocycles. The van der Waals surface area contributed by atoms with Crippen LogP contribution in [-0.2, 0) is 9.53 Å². The van der Waals surface area contributed by atoms with E-state index in [1.54, 1.807) is 24.5 Å². The number of anilines is 4. The molecule has 0 bridgehead atoms. The third kappa shape index (κ3) is 5.02. The molecule has 1 fully saturated rings. The fraction of sp³-hybridized carbons (Fsp3) is 0.185. The molecule has 3 heterocycles. The largest absolute Gasteiger partial charge is 0.394 e. The maximum absolute atomic E-state index is 11.9. The van der Waals surface area contributed by atoms with Gasteiger partial charge in [-0.15, -0.1) is 0 Å². The Bertz CT molecular complexity index is 1390. The van der Waals surface area contributed by atoms with Crippen LogP contribution >= 0.6 is 0 Å². The number of aliphatic hydroxyl groups is 1. The zero-order valence-corrected chi connectivity index (χ0v) is 19.6. The average molecular weight is 483 g/mol. The number of ether oxygens (including phenoxy) is 1. The number of aliphatic hydroxyl groups excluding tert-OH is 1. The number of pyridine rings is 1. The fourth-order valence-electron chi connectivity index (χ4n) is 4.16. The minimum absolute atomic E-state index is 0.0120. The van der Waals surface area contributed by atoms with Gasteiger partial charge < -0.3 is 25.4 Å². The molecule has 36 heavy (non-hydrogen) atoms. The number of fused-ring (bicyclic) bond motifs is 1. The van der Waals surface area contributed by atoms with Crippen LogP contribution in [0.3, 0.4) is 0 Å². The fourth-order valence-corrected chi connectivity index (χ4v) is 4.16. The Morgan fingerprint density at radius 1 is 1.17 bits per heavy atom. The van der Waals surface area contributed by atoms with Crippen LogP contribution < -0.4 is 15.5 Å². The van der Waals surface area contributed by atoms with Crippen molar-refractivity contribution in [3.63, 3.8) is 0 Å². The molecule has 1 aliphatic rings. The number of aromatic nitrogens is 3. The number of nitrogens with one attached hydrogen (secondary N) is 2. The zero-order valence-electron chi connectivity index (χ0n) is 19.6. The summed E-state index contributed by atoms with van der Waals surface area (Å²) in [7, 11) is 0. The molecule has 182 valence electrons. The molecule has 0 spiro atoms. The molecule has 3 N–H and O–H groups in total. The number of carbonyl (C=O) groups excluding carboxylic acids is 1. The Kier molecular flexibility index (Phi) is 6.83. The summed E-state index contributed by atoms with van der Waals surface area (Å²) in [5.74, 6) is 0.135. The number of hydrogen-bond donors (Lipinski definition) is 3. The van der Waals surface area contributed by atoms with E-state index in [1.807, 2.05) is 42.5 Å². The molecule has 1 atom stereocenters. The summed E-state index contributed by atoms with van der Waals surface area (Å²) in [6, 6.07) is 17.3. The van der Waals surface area contributed by atoms with E-state index in [2.05, 4.69) is 32.1 Å². The summed E-state index contributed by atoms with van der Waals surface area (Å²) in [6.07, 6.45) is 4.49. The van der Waals surface area contributed by atoms with Gasteiger partial charge in [0.15, 0.2) is 0 Å². The maximum atomic E-state index is 11.9. The highest BCUT2D eigenvalue weighted by Crippen LogP contribution is 2.32. The number of para-hydroxylation sites is 1. The first-order valence-electron chi connectivity index (χ1n) is 11.6. The maximum Gasteiger partial charge on any atom is 0.247 e. The van der Waals surface area contributed by atoms with Crippen LogP contribution in [0.1, 0.15) is 0 Å². The second-order valence-corrected chi connectivity index (χ2v) is 8.32. The lowest BCUT2D eigenvalue weighted by Gasteiger charge is -2.33. The summed E-state index contributed by atoms with van der Waals surface area (Å²) >= 11 is 0. The van der Waals surface area contributed by atoms with Gasteiger partial charge in [0.2, 0.25) is 11.9 Å². The van der Waals surface area contributed by atoms with Gasteiger partial charge in [-0.3, -0.25) is 9.78 Å². The molecule has 4 aromatic rings. The number of amides is 1. The number of hydrogen-bond acceptors (Lipinski definition) is 8. The molecule has 1 amide bonds. The lowest BCUT2D eigenvalue weighted by molar-refractivity contribution is -0.111. The van der Waals surface area contributed by atoms with Gasteiger partial charge in [0, 0.05) is 47.8 Å². The number of morpholine rings is 1. The molecule has 9 nitrogen and oxygen atoms in total. The predicted octanol–water partition coefficient (Wildman–Crippen LogP) is 3.76. The lowest BCUT2D eigenvalue weighted by Crippen LogP contribution is -2.44. The van der Waals surface area contributed by atoms with Crippen molar-refractivity contribution in [1.29, 1.82) is 0 Å². The van der Waals surface area contributed by atoms with Gasteiger partial charge in [0.25, 0.3) is 0 Å². The Balaban J connectivity index is 1.41. The van der Waals surface area contributed by atoms with Crippen LogP contribution in [0.25, 0.3) is 22.2 Å². The van der Waals surface area contributed by atoms with Crippen LogP contribution in [0.4, 0.5) is 23.0 Å². The van der Waals surface area contributed by atoms with E-state index in [4.69, 9.17) is 9.72 Å². The van der Waals surface area contributed by atoms with Crippen molar-refractivity contribution < 1.29 is 14.6 Å². The molecule has 0 saturated carbocycles. The predicted molar refractivity (Wildman–Crippen MR) is 140 cm³/mol. The smallest absolute Gasteiger partial charge is 0.247 e. The van der Waals surface area contributed by atoms with Crippen molar-refractivity contribution in [3.05, 3.63) is 79.6 Å². The summed E-state index contributed by atoms with van der Waals surface area (Å²) in [5, 5.41) is 16.3. The minimum Gasteiger partial charge on any atom is -0.394 e. The molecule has 0 radical (unpaired) electrons. The van der Waals surface area contributed by atoms with E-state index >= 15 is 0 Å². The van der Waals surface area contributed by atoms with Crippen molar-refractivity contribution in [2.45, 2.75) is 6.10 Å². The monoisotopic (exact) mass is 482 g/mol. The quantitative estimate of drug-likeness (QED) is 0.342. The second-order valence-electron chi connectivity index (χ2n) is 8.32. The van der Waals surface area contributed by atoms with E-state index in [0.717, 1.165) is 28.9 Å². The standard InChI is InChI=1S/C27H26N6O3/c1-2-24(35)31-23-7-4-12-28-26(23)22-6-3-5-18-15-29-27(32-25(18)22)30-19-8-10-20(11-9-19)33-13-14-36-21(16-33)17-34/h2-12,15,21,34H,1,13-14,16-17H2,(H,31,35)(H,29,30,32)/t21-/m1/s1. The molecule has 1 aliphatic heterocycles. The van der Waals surface area contributed by atoms with Crippen LogP contribution in [0.5, 0.6) is 0 Å². The average Bonchev–Trinajstić information content (AvgIpc) is 2.93. The first-order chi connectivity index (χ1) is 17.6. The van der Waals surface area contributed by atoms with Gasteiger partial charge in [-0.25, -0.2) is 9.97 Å². The summed E-state index contributed by atoms with van der Waals surface area (Å²) < 4.78 is 5.54. The van der Waals surface area contributed by atoms with Crippen LogP contribution in [0.15, 0.2) is 79.6 Å². The Morgan fingerprint density at radius 2 is 2.03 bits per heavy atom. The number of benzene rings is 2. The SMILES string of the molecule is C=CC(=O)Nc1cccnc1-c1cccc2cnc(Nc3ccc(N4CCO[C@@H](CO)C4)cc3)nc12. The third-order valence-corrected chi connectivity index (χ3v) is 5.95. The molecular formula is C27H26N6O3. The normalized spacial score (nSPS) is 15.5. The summed E-state index contributed by atoms with van der Waals surface area (Å²) in [6.45, 7) is 5.56. The van der Waals surface area contributed by atoms with Crippen LogP contribution in [0, 0.1) is 0 Å². The van der Waals surface area contributed by atoms with E-state index in [1.165, 1.54) is 6.08 Å². The second kappa shape index (κ2) is 10.5. The van der Waals surface area contributed by atoms with Gasteiger partial charge in [0.05, 0.1) is 36.2 Å². The van der Waals surface area contributed by atoms with Crippen molar-refractivity contribution >= 4 is 39.8 Å². The number of rotatable bonds is 7.